The van der Waals surface area contributed by atoms with Gasteiger partial charge in [-0.05, 0) is 126 Å². The van der Waals surface area contributed by atoms with Gasteiger partial charge < -0.3 is 4.90 Å². The topological polar surface area (TPSA) is 3.24 Å². The van der Waals surface area contributed by atoms with E-state index >= 15 is 0 Å². The Bertz CT molecular complexity index is 3620. The maximum Gasteiger partial charge on any atom is 0.0714 e. The molecule has 1 unspecified atom stereocenters. The van der Waals surface area contributed by atoms with Gasteiger partial charge in [-0.1, -0.05) is 237 Å². The highest BCUT2D eigenvalue weighted by Gasteiger charge is 2.47. The van der Waals surface area contributed by atoms with Crippen molar-refractivity contribution >= 4 is 27.8 Å². The van der Waals surface area contributed by atoms with Crippen LogP contribution >= 0.6 is 0 Å². The first kappa shape index (κ1) is 39.8. The maximum atomic E-state index is 2.52. The van der Waals surface area contributed by atoms with Crippen LogP contribution in [0.15, 0.2) is 267 Å². The van der Waals surface area contributed by atoms with E-state index in [1.165, 1.54) is 94.2 Å². The zero-order valence-electron chi connectivity index (χ0n) is 37.9. The van der Waals surface area contributed by atoms with Crippen LogP contribution in [0.25, 0.3) is 55.3 Å². The van der Waals surface area contributed by atoms with Crippen molar-refractivity contribution in [3.63, 3.8) is 0 Å². The molecule has 1 heteroatoms. The van der Waals surface area contributed by atoms with Gasteiger partial charge in [0.15, 0.2) is 0 Å². The van der Waals surface area contributed by atoms with Crippen molar-refractivity contribution in [3.05, 3.63) is 306 Å². The van der Waals surface area contributed by atoms with Crippen LogP contribution in [0.3, 0.4) is 0 Å². The van der Waals surface area contributed by atoms with Crippen molar-refractivity contribution in [1.29, 1.82) is 0 Å². The third-order valence-corrected chi connectivity index (χ3v) is 15.1. The molecular formula is C67H47N. The second-order valence-electron chi connectivity index (χ2n) is 18.5. The normalized spacial score (nSPS) is 15.0. The first-order valence-electron chi connectivity index (χ1n) is 23.8. The second kappa shape index (κ2) is 15.8. The molecule has 0 N–H and O–H groups in total. The molecule has 1 atom stereocenters. The van der Waals surface area contributed by atoms with Crippen LogP contribution in [0.4, 0.5) is 17.1 Å². The van der Waals surface area contributed by atoms with E-state index in [9.17, 15) is 0 Å². The van der Waals surface area contributed by atoms with E-state index in [1.54, 1.807) is 0 Å². The number of hydrogen-bond donors (Lipinski definition) is 0. The summed E-state index contributed by atoms with van der Waals surface area (Å²) >= 11 is 0. The van der Waals surface area contributed by atoms with Gasteiger partial charge in [-0.2, -0.15) is 0 Å². The van der Waals surface area contributed by atoms with Gasteiger partial charge in [0.25, 0.3) is 0 Å². The van der Waals surface area contributed by atoms with Crippen molar-refractivity contribution in [2.24, 2.45) is 0 Å². The lowest BCUT2D eigenvalue weighted by Gasteiger charge is -2.34. The molecule has 11 aromatic carbocycles. The van der Waals surface area contributed by atoms with Gasteiger partial charge in [0.05, 0.1) is 11.1 Å². The molecule has 13 rings (SSSR count). The van der Waals surface area contributed by atoms with Crippen LogP contribution in [0.1, 0.15) is 45.9 Å². The van der Waals surface area contributed by atoms with Crippen LogP contribution in [-0.4, -0.2) is 0 Å². The summed E-state index contributed by atoms with van der Waals surface area (Å²) in [5.74, 6) is 0. The Kier molecular flexibility index (Phi) is 9.27. The van der Waals surface area contributed by atoms with Crippen LogP contribution in [0, 0.1) is 0 Å². The molecule has 0 aromatic heterocycles. The van der Waals surface area contributed by atoms with Gasteiger partial charge in [0.1, 0.15) is 0 Å². The molecule has 2 aliphatic carbocycles. The molecule has 2 aliphatic rings. The average molecular weight is 866 g/mol. The van der Waals surface area contributed by atoms with E-state index in [2.05, 4.69) is 279 Å². The fourth-order valence-corrected chi connectivity index (χ4v) is 11.9. The fraction of sp³-hybridized carbons (Fsp3) is 0.0448. The Hall–Kier alpha value is -8.52. The van der Waals surface area contributed by atoms with Crippen molar-refractivity contribution in [1.82, 2.24) is 0 Å². The van der Waals surface area contributed by atoms with E-state index in [0.717, 1.165) is 17.1 Å². The van der Waals surface area contributed by atoms with E-state index in [1.807, 2.05) is 0 Å². The minimum Gasteiger partial charge on any atom is -0.310 e. The van der Waals surface area contributed by atoms with E-state index in [-0.39, 0.29) is 5.41 Å². The van der Waals surface area contributed by atoms with Gasteiger partial charge in [-0.15, -0.1) is 0 Å². The molecule has 0 radical (unpaired) electrons. The largest absolute Gasteiger partial charge is 0.310 e. The van der Waals surface area contributed by atoms with Gasteiger partial charge in [-0.25, -0.2) is 0 Å². The van der Waals surface area contributed by atoms with Crippen LogP contribution in [0.5, 0.6) is 0 Å². The Morgan fingerprint density at radius 1 is 0.309 bits per heavy atom. The fourth-order valence-electron chi connectivity index (χ4n) is 11.9. The third-order valence-electron chi connectivity index (χ3n) is 15.1. The molecule has 0 fully saturated rings. The van der Waals surface area contributed by atoms with Crippen molar-refractivity contribution < 1.29 is 0 Å². The summed E-state index contributed by atoms with van der Waals surface area (Å²) in [5.41, 5.74) is 21.4. The molecule has 68 heavy (non-hydrogen) atoms. The van der Waals surface area contributed by atoms with Crippen molar-refractivity contribution in [3.8, 4) is 44.5 Å². The Labute approximate surface area is 398 Å². The summed E-state index contributed by atoms with van der Waals surface area (Å²) in [7, 11) is 0. The molecule has 0 bridgehead atoms. The van der Waals surface area contributed by atoms with Gasteiger partial charge in [-0.3, -0.25) is 0 Å². The summed E-state index contributed by atoms with van der Waals surface area (Å²) in [6.45, 7) is 2.41. The van der Waals surface area contributed by atoms with Crippen molar-refractivity contribution in [2.75, 3.05) is 4.90 Å². The molecule has 0 heterocycles. The summed E-state index contributed by atoms with van der Waals surface area (Å²) in [6, 6.07) is 99.0. The third kappa shape index (κ3) is 5.95. The average Bonchev–Trinajstić information content (AvgIpc) is 3.87. The van der Waals surface area contributed by atoms with E-state index < -0.39 is 5.41 Å². The van der Waals surface area contributed by atoms with Gasteiger partial charge >= 0.3 is 0 Å². The first-order valence-corrected chi connectivity index (χ1v) is 23.8. The zero-order valence-corrected chi connectivity index (χ0v) is 37.9. The van der Waals surface area contributed by atoms with Gasteiger partial charge in [0.2, 0.25) is 0 Å². The summed E-state index contributed by atoms with van der Waals surface area (Å²) < 4.78 is 0. The zero-order chi connectivity index (χ0) is 45.2. The molecule has 0 saturated heterocycles. The lowest BCUT2D eigenvalue weighted by molar-refractivity contribution is 0.714. The number of hydrogen-bond acceptors (Lipinski definition) is 1. The highest BCUT2D eigenvalue weighted by atomic mass is 15.1. The van der Waals surface area contributed by atoms with E-state index in [0.29, 0.717) is 0 Å². The highest BCUT2D eigenvalue weighted by Crippen LogP contribution is 2.60. The standard InChI is InChI=1S/C67H47N/c1-66(50-21-5-2-6-22-50)60-31-15-13-28-57(60)58-44-43-54(45-63(58)66)68(53-41-39-47(40-42-53)46-35-37-49(38-36-46)56-30-17-20-48-19-11-12-27-55(48)56)64-34-18-33-62-65(64)59-29-14-16-32-61(59)67(62,51-23-7-3-8-24-51)52-25-9-4-10-26-52/h2-45H,1H3. The molecule has 0 amide bonds. The molecule has 1 nitrogen and oxygen atoms in total. The maximum absolute atomic E-state index is 2.52. The van der Waals surface area contributed by atoms with Crippen LogP contribution in [0.2, 0.25) is 0 Å². The molecule has 11 aromatic rings. The molecule has 320 valence electrons. The number of benzene rings is 11. The number of fused-ring (bicyclic) bond motifs is 7. The monoisotopic (exact) mass is 865 g/mol. The molecule has 0 spiro atoms. The molecule has 0 saturated carbocycles. The second-order valence-corrected chi connectivity index (χ2v) is 18.5. The van der Waals surface area contributed by atoms with Crippen LogP contribution in [-0.2, 0) is 10.8 Å². The summed E-state index contributed by atoms with van der Waals surface area (Å²) in [4.78, 5) is 2.52. The minimum atomic E-state index is -0.524. The minimum absolute atomic E-state index is 0.349. The molecular weight excluding hydrogens is 819 g/mol. The van der Waals surface area contributed by atoms with E-state index in [4.69, 9.17) is 0 Å². The quantitative estimate of drug-likeness (QED) is 0.147. The summed E-state index contributed by atoms with van der Waals surface area (Å²) in [6.07, 6.45) is 0. The predicted octanol–water partition coefficient (Wildman–Crippen LogP) is 17.3. The Morgan fingerprint density at radius 3 is 1.50 bits per heavy atom. The lowest BCUT2D eigenvalue weighted by Crippen LogP contribution is -2.28. The SMILES string of the molecule is CC1(c2ccccc2)c2ccccc2-c2ccc(N(c3ccc(-c4ccc(-c5cccc6ccccc56)cc4)cc3)c3cccc4c3-c3ccccc3C4(c3ccccc3)c3ccccc3)cc21. The Morgan fingerprint density at radius 2 is 0.794 bits per heavy atom. The smallest absolute Gasteiger partial charge is 0.0714 e. The Balaban J connectivity index is 1.01. The van der Waals surface area contributed by atoms with Gasteiger partial charge in [0, 0.05) is 22.4 Å². The summed E-state index contributed by atoms with van der Waals surface area (Å²) in [5, 5.41) is 2.52. The van der Waals surface area contributed by atoms with Crippen LogP contribution < -0.4 is 4.90 Å². The predicted molar refractivity (Wildman–Crippen MR) is 284 cm³/mol. The number of anilines is 3. The first-order chi connectivity index (χ1) is 33.6. The number of rotatable bonds is 8. The highest BCUT2D eigenvalue weighted by molar-refractivity contribution is 5.99. The molecule has 0 aliphatic heterocycles. The van der Waals surface area contributed by atoms with Crippen molar-refractivity contribution in [2.45, 2.75) is 17.8 Å². The lowest BCUT2D eigenvalue weighted by atomic mass is 9.68. The number of nitrogens with zero attached hydrogens (tertiary/aromatic N) is 1.